The van der Waals surface area contributed by atoms with E-state index in [2.05, 4.69) is 20.8 Å². The van der Waals surface area contributed by atoms with Crippen molar-refractivity contribution in [3.63, 3.8) is 0 Å². The van der Waals surface area contributed by atoms with E-state index in [1.54, 1.807) is 0 Å². The second-order valence-electron chi connectivity index (χ2n) is 7.03. The fraction of sp³-hybridized carbons (Fsp3) is 0.611. The third-order valence-corrected chi connectivity index (χ3v) is 4.18. The second-order valence-corrected chi connectivity index (χ2v) is 9.61. The van der Waals surface area contributed by atoms with Crippen LogP contribution in [0.2, 0.25) is 0 Å². The monoisotopic (exact) mass is 391 g/mol. The van der Waals surface area contributed by atoms with E-state index in [0.29, 0.717) is 11.8 Å². The Balaban J connectivity index is 0.000000816. The number of phenols is 1. The number of halogens is 2. The first-order chi connectivity index (χ1) is 10.8. The molecule has 1 aliphatic rings. The molecule has 0 heterocycles. The van der Waals surface area contributed by atoms with E-state index in [4.69, 9.17) is 23.6 Å². The molecule has 0 amide bonds. The fourth-order valence-corrected chi connectivity index (χ4v) is 2.99. The molecule has 0 radical (unpaired) electrons. The van der Waals surface area contributed by atoms with Crippen LogP contribution in [0.3, 0.4) is 0 Å². The predicted molar refractivity (Wildman–Crippen MR) is 97.6 cm³/mol. The Kier molecular flexibility index (Phi) is 9.22. The number of rotatable bonds is 2. The molecular formula is C18H27Cl2NOTi. The van der Waals surface area contributed by atoms with Crippen LogP contribution in [0.25, 0.3) is 0 Å². The average Bonchev–Trinajstić information content (AvgIpc) is 2.48. The van der Waals surface area contributed by atoms with Gasteiger partial charge in [0.15, 0.2) is 0 Å². The summed E-state index contributed by atoms with van der Waals surface area (Å²) < 4.78 is 0. The maximum absolute atomic E-state index is 10.5. The number of hydrogen-bond donors (Lipinski definition) is 1. The molecule has 1 aliphatic carbocycles. The van der Waals surface area contributed by atoms with Gasteiger partial charge in [0.25, 0.3) is 0 Å². The van der Waals surface area contributed by atoms with Gasteiger partial charge in [-0.3, -0.25) is 4.99 Å². The number of aliphatic imine (C=N–C) groups is 1. The van der Waals surface area contributed by atoms with Crippen molar-refractivity contribution in [2.75, 3.05) is 0 Å². The van der Waals surface area contributed by atoms with Crippen molar-refractivity contribution in [1.82, 2.24) is 0 Å². The first-order valence-electron chi connectivity index (χ1n) is 8.14. The first kappa shape index (κ1) is 21.0. The van der Waals surface area contributed by atoms with Crippen molar-refractivity contribution in [2.45, 2.75) is 71.3 Å². The van der Waals surface area contributed by atoms with Gasteiger partial charge >= 0.3 is 35.6 Å². The van der Waals surface area contributed by atoms with Crippen LogP contribution in [-0.4, -0.2) is 16.9 Å². The number of para-hydroxylation sites is 1. The van der Waals surface area contributed by atoms with Crippen molar-refractivity contribution in [3.05, 3.63) is 29.3 Å². The zero-order chi connectivity index (χ0) is 17.5. The van der Waals surface area contributed by atoms with Crippen molar-refractivity contribution in [3.8, 4) is 5.75 Å². The summed E-state index contributed by atoms with van der Waals surface area (Å²) in [6.07, 6.45) is 6.30. The Morgan fingerprint density at radius 3 is 2.26 bits per heavy atom. The molecule has 1 aromatic rings. The van der Waals surface area contributed by atoms with Gasteiger partial charge < -0.3 is 5.11 Å². The molecule has 128 valence electrons. The molecule has 0 unspecified atom stereocenters. The van der Waals surface area contributed by atoms with E-state index in [0.717, 1.165) is 16.8 Å². The molecule has 0 aliphatic heterocycles. The van der Waals surface area contributed by atoms with Gasteiger partial charge in [0.2, 0.25) is 0 Å². The molecule has 2 rings (SSSR count). The first-order valence-corrected chi connectivity index (χ1v) is 12.4. The standard InChI is InChI=1S/C18H27NO.2ClH.Ti/c1-13(19-14-9-6-5-7-10-14)15-11-8-12-16(17(15)20)18(2,3)4;;;/h8,11-12,14,20H,5-7,9-10H2,1-4H3;2*1H;/q;;;+2/p-2. The summed E-state index contributed by atoms with van der Waals surface area (Å²) in [6, 6.07) is 6.45. The van der Waals surface area contributed by atoms with Crippen LogP contribution in [0.5, 0.6) is 5.75 Å². The molecule has 0 atom stereocenters. The Hall–Kier alpha value is -0.0157. The number of benzene rings is 1. The molecule has 0 bridgehead atoms. The summed E-state index contributed by atoms with van der Waals surface area (Å²) in [4.78, 5) is 4.85. The minimum absolute atomic E-state index is 0.0504. The molecule has 5 heteroatoms. The van der Waals surface area contributed by atoms with Crippen molar-refractivity contribution in [2.24, 2.45) is 4.99 Å². The SMILES string of the molecule is CC(=NC1CCCCC1)c1cccc(C(C)(C)C)c1O.[Cl][Ti][Cl]. The number of phenolic OH excluding ortho intramolecular Hbond substituents is 1. The number of nitrogens with zero attached hydrogens (tertiary/aromatic N) is 1. The maximum atomic E-state index is 10.5. The molecule has 1 fully saturated rings. The van der Waals surface area contributed by atoms with Crippen LogP contribution in [0.15, 0.2) is 23.2 Å². The van der Waals surface area contributed by atoms with E-state index in [1.165, 1.54) is 32.1 Å². The number of aromatic hydroxyl groups is 1. The molecule has 0 saturated heterocycles. The average molecular weight is 392 g/mol. The van der Waals surface area contributed by atoms with Crippen molar-refractivity contribution in [1.29, 1.82) is 0 Å². The molecular weight excluding hydrogens is 365 g/mol. The van der Waals surface area contributed by atoms with Gasteiger partial charge in [-0.05, 0) is 36.8 Å². The van der Waals surface area contributed by atoms with Crippen LogP contribution in [-0.2, 0) is 22.4 Å². The second kappa shape index (κ2) is 10.1. The quantitative estimate of drug-likeness (QED) is 0.471. The van der Waals surface area contributed by atoms with Crippen LogP contribution in [0.1, 0.15) is 70.9 Å². The normalized spacial score (nSPS) is 16.5. The van der Waals surface area contributed by atoms with Gasteiger partial charge in [0.05, 0.1) is 6.04 Å². The van der Waals surface area contributed by atoms with Gasteiger partial charge in [-0.1, -0.05) is 52.2 Å². The predicted octanol–water partition coefficient (Wildman–Crippen LogP) is 6.21. The molecule has 0 spiro atoms. The molecule has 0 aromatic heterocycles. The zero-order valence-electron chi connectivity index (χ0n) is 14.5. The zero-order valence-corrected chi connectivity index (χ0v) is 17.6. The van der Waals surface area contributed by atoms with E-state index in [9.17, 15) is 5.11 Å². The van der Waals surface area contributed by atoms with Gasteiger partial charge in [-0.2, -0.15) is 0 Å². The Morgan fingerprint density at radius 1 is 1.17 bits per heavy atom. The minimum atomic E-state index is -0.556. The molecule has 1 N–H and O–H groups in total. The Labute approximate surface area is 157 Å². The number of hydrogen-bond acceptors (Lipinski definition) is 2. The summed E-state index contributed by atoms with van der Waals surface area (Å²) in [6.45, 7) is 8.40. The summed E-state index contributed by atoms with van der Waals surface area (Å²) in [5.74, 6) is 0.400. The van der Waals surface area contributed by atoms with E-state index < -0.39 is 17.0 Å². The fourth-order valence-electron chi connectivity index (χ4n) is 2.99. The summed E-state index contributed by atoms with van der Waals surface area (Å²) >= 11 is -0.556. The Morgan fingerprint density at radius 2 is 1.74 bits per heavy atom. The van der Waals surface area contributed by atoms with Crippen LogP contribution < -0.4 is 0 Å². The van der Waals surface area contributed by atoms with E-state index in [1.807, 2.05) is 25.1 Å². The third-order valence-electron chi connectivity index (χ3n) is 4.18. The van der Waals surface area contributed by atoms with Gasteiger partial charge in [-0.25, -0.2) is 0 Å². The van der Waals surface area contributed by atoms with Crippen LogP contribution >= 0.6 is 18.6 Å². The van der Waals surface area contributed by atoms with Gasteiger partial charge in [0.1, 0.15) is 5.75 Å². The van der Waals surface area contributed by atoms with Crippen LogP contribution in [0.4, 0.5) is 0 Å². The topological polar surface area (TPSA) is 32.6 Å². The molecule has 23 heavy (non-hydrogen) atoms. The Bertz CT molecular complexity index is 520. The third kappa shape index (κ3) is 6.78. The van der Waals surface area contributed by atoms with Crippen LogP contribution in [0, 0.1) is 0 Å². The molecule has 1 saturated carbocycles. The summed E-state index contributed by atoms with van der Waals surface area (Å²) in [7, 11) is 9.78. The van der Waals surface area contributed by atoms with Crippen molar-refractivity contribution >= 4 is 24.3 Å². The van der Waals surface area contributed by atoms with Gasteiger partial charge in [0, 0.05) is 11.3 Å². The summed E-state index contributed by atoms with van der Waals surface area (Å²) in [5.41, 5.74) is 2.81. The van der Waals surface area contributed by atoms with Gasteiger partial charge in [-0.15, -0.1) is 0 Å². The molecule has 2 nitrogen and oxygen atoms in total. The molecule has 1 aromatic carbocycles. The van der Waals surface area contributed by atoms with E-state index >= 15 is 0 Å². The van der Waals surface area contributed by atoms with Crippen molar-refractivity contribution < 1.29 is 22.1 Å². The summed E-state index contributed by atoms with van der Waals surface area (Å²) in [5, 5.41) is 10.5. The van der Waals surface area contributed by atoms with E-state index in [-0.39, 0.29) is 5.41 Å².